The van der Waals surface area contributed by atoms with Crippen LogP contribution in [0.2, 0.25) is 0 Å². The molecule has 3 aromatic heterocycles. The first-order valence-electron chi connectivity index (χ1n) is 13.9. The minimum Gasteiger partial charge on any atom is -0.382 e. The van der Waals surface area contributed by atoms with Crippen LogP contribution in [0, 0.1) is 0 Å². The van der Waals surface area contributed by atoms with Crippen molar-refractivity contribution in [3.05, 3.63) is 65.7 Å². The number of nitrogens with zero attached hydrogens (tertiary/aromatic N) is 6. The van der Waals surface area contributed by atoms with E-state index in [4.69, 9.17) is 15.2 Å². The molecule has 238 valence electrons. The van der Waals surface area contributed by atoms with Gasteiger partial charge in [0.05, 0.1) is 17.9 Å². The Hall–Kier alpha value is -4.80. The molecule has 5 rings (SSSR count). The zero-order valence-electron chi connectivity index (χ0n) is 24.6. The Labute approximate surface area is 256 Å². The number of nitrogens with one attached hydrogen (secondary N) is 2. The van der Waals surface area contributed by atoms with Crippen LogP contribution in [-0.2, 0) is 33.6 Å². The summed E-state index contributed by atoms with van der Waals surface area (Å²) >= 11 is 0. The first-order valence-corrected chi connectivity index (χ1v) is 13.9. The van der Waals surface area contributed by atoms with Crippen LogP contribution in [0.4, 0.5) is 35.3 Å². The van der Waals surface area contributed by atoms with Gasteiger partial charge in [0.15, 0.2) is 5.82 Å². The number of alkyl halides is 3. The largest absolute Gasteiger partial charge is 0.416 e. The smallest absolute Gasteiger partial charge is 0.382 e. The third kappa shape index (κ3) is 7.13. The second-order valence-electron chi connectivity index (χ2n) is 10.3. The number of fused-ring (bicyclic) bond motifs is 1. The molecule has 1 aliphatic rings. The standard InChI is InChI=1S/C29H32F3N9O4/c1-44-15-21-22(14-39-9-11-40(12-10-39)24(42)16-45-2)41-26(27(33)35-17-36-41)25(21)18-3-5-20(6-4-18)37-28(43)38-23-13-19(7-8-34-23)29(30,31)32/h3-8,13,17H,9-12,14-16H2,1-2H3,(H2,33,35,36)(H2,34,37,38,43). The van der Waals surface area contributed by atoms with E-state index in [-0.39, 0.29) is 30.8 Å². The first-order chi connectivity index (χ1) is 21.6. The average Bonchev–Trinajstić information content (AvgIpc) is 3.31. The van der Waals surface area contributed by atoms with Crippen LogP contribution in [-0.4, -0.2) is 88.3 Å². The molecule has 0 unspecified atom stereocenters. The highest BCUT2D eigenvalue weighted by Crippen LogP contribution is 2.37. The van der Waals surface area contributed by atoms with E-state index in [1.807, 2.05) is 0 Å². The maximum atomic E-state index is 13.0. The molecule has 1 aliphatic heterocycles. The van der Waals surface area contributed by atoms with E-state index in [9.17, 15) is 22.8 Å². The summed E-state index contributed by atoms with van der Waals surface area (Å²) < 4.78 is 51.4. The lowest BCUT2D eigenvalue weighted by atomic mass is 10.0. The predicted molar refractivity (Wildman–Crippen MR) is 159 cm³/mol. The third-order valence-electron chi connectivity index (χ3n) is 7.38. The number of carbonyl (C=O) groups excluding carboxylic acids is 2. The zero-order chi connectivity index (χ0) is 32.1. The fourth-order valence-corrected chi connectivity index (χ4v) is 5.25. The van der Waals surface area contributed by atoms with Crippen LogP contribution >= 0.6 is 0 Å². The summed E-state index contributed by atoms with van der Waals surface area (Å²) in [5.74, 6) is -0.0147. The molecular formula is C29H32F3N9O4. The van der Waals surface area contributed by atoms with E-state index in [2.05, 4.69) is 30.6 Å². The Morgan fingerprint density at radius 2 is 1.73 bits per heavy atom. The molecule has 1 fully saturated rings. The van der Waals surface area contributed by atoms with Crippen molar-refractivity contribution in [2.24, 2.45) is 0 Å². The minimum absolute atomic E-state index is 0.0455. The summed E-state index contributed by atoms with van der Waals surface area (Å²) in [6.45, 7) is 3.28. The van der Waals surface area contributed by atoms with Crippen LogP contribution in [0.15, 0.2) is 48.9 Å². The second-order valence-corrected chi connectivity index (χ2v) is 10.3. The summed E-state index contributed by atoms with van der Waals surface area (Å²) in [6, 6.07) is 7.69. The van der Waals surface area contributed by atoms with E-state index >= 15 is 0 Å². The number of anilines is 3. The second kappa shape index (κ2) is 13.5. The molecule has 0 atom stereocenters. The van der Waals surface area contributed by atoms with Crippen molar-refractivity contribution in [2.75, 3.05) is 63.4 Å². The molecule has 0 aliphatic carbocycles. The molecule has 0 saturated carbocycles. The highest BCUT2D eigenvalue weighted by Gasteiger charge is 2.31. The fourth-order valence-electron chi connectivity index (χ4n) is 5.25. The van der Waals surface area contributed by atoms with Crippen molar-refractivity contribution in [3.63, 3.8) is 0 Å². The topological polar surface area (TPSA) is 152 Å². The highest BCUT2D eigenvalue weighted by atomic mass is 19.4. The molecule has 4 N–H and O–H groups in total. The Morgan fingerprint density at radius 3 is 2.40 bits per heavy atom. The average molecular weight is 628 g/mol. The van der Waals surface area contributed by atoms with Gasteiger partial charge in [0, 0.05) is 70.0 Å². The predicted octanol–water partition coefficient (Wildman–Crippen LogP) is 3.47. The van der Waals surface area contributed by atoms with Gasteiger partial charge in [-0.25, -0.2) is 19.3 Å². The lowest BCUT2D eigenvalue weighted by Gasteiger charge is -2.34. The van der Waals surface area contributed by atoms with E-state index in [0.717, 1.165) is 40.7 Å². The number of amides is 3. The summed E-state index contributed by atoms with van der Waals surface area (Å²) in [5.41, 5.74) is 9.68. The van der Waals surface area contributed by atoms with E-state index in [1.165, 1.54) is 13.4 Å². The summed E-state index contributed by atoms with van der Waals surface area (Å²) in [4.78, 5) is 36.8. The van der Waals surface area contributed by atoms with Crippen LogP contribution < -0.4 is 16.4 Å². The van der Waals surface area contributed by atoms with E-state index in [1.54, 1.807) is 40.8 Å². The molecule has 4 heterocycles. The van der Waals surface area contributed by atoms with Crippen LogP contribution in [0.3, 0.4) is 0 Å². The summed E-state index contributed by atoms with van der Waals surface area (Å²) in [5, 5.41) is 9.42. The number of carbonyl (C=O) groups is 2. The molecular weight excluding hydrogens is 595 g/mol. The number of pyridine rings is 1. The highest BCUT2D eigenvalue weighted by molar-refractivity contribution is 5.99. The van der Waals surface area contributed by atoms with Gasteiger partial charge in [0.1, 0.15) is 24.3 Å². The summed E-state index contributed by atoms with van der Waals surface area (Å²) in [7, 11) is 3.09. The monoisotopic (exact) mass is 627 g/mol. The maximum absolute atomic E-state index is 13.0. The quantitative estimate of drug-likeness (QED) is 0.253. The number of piperazine rings is 1. The van der Waals surface area contributed by atoms with E-state index in [0.29, 0.717) is 43.9 Å². The van der Waals surface area contributed by atoms with Gasteiger partial charge in [0.2, 0.25) is 5.91 Å². The number of hydrogen-bond donors (Lipinski definition) is 3. The van der Waals surface area contributed by atoms with Crippen LogP contribution in [0.25, 0.3) is 16.6 Å². The Balaban J connectivity index is 1.38. The molecule has 0 spiro atoms. The number of ether oxygens (including phenoxy) is 2. The SMILES string of the molecule is COCC(=O)N1CCN(Cc2c(COC)c(-c3ccc(NC(=O)Nc4cc(C(F)(F)F)ccn4)cc3)c3c(N)ncnn23)CC1. The van der Waals surface area contributed by atoms with Crippen molar-refractivity contribution in [1.29, 1.82) is 0 Å². The van der Waals surface area contributed by atoms with Crippen molar-refractivity contribution >= 4 is 34.8 Å². The van der Waals surface area contributed by atoms with Gasteiger partial charge in [-0.15, -0.1) is 0 Å². The number of urea groups is 1. The molecule has 45 heavy (non-hydrogen) atoms. The number of nitrogen functional groups attached to an aromatic ring is 1. The maximum Gasteiger partial charge on any atom is 0.416 e. The number of nitrogens with two attached hydrogens (primary N) is 1. The Kier molecular flexibility index (Phi) is 9.45. The van der Waals surface area contributed by atoms with E-state index < -0.39 is 17.8 Å². The molecule has 3 amide bonds. The Bertz CT molecular complexity index is 1670. The van der Waals surface area contributed by atoms with Crippen molar-refractivity contribution in [3.8, 4) is 11.1 Å². The van der Waals surface area contributed by atoms with Crippen molar-refractivity contribution < 1.29 is 32.2 Å². The summed E-state index contributed by atoms with van der Waals surface area (Å²) in [6.07, 6.45) is -2.20. The van der Waals surface area contributed by atoms with Gasteiger partial charge in [-0.3, -0.25) is 15.0 Å². The molecule has 1 saturated heterocycles. The lowest BCUT2D eigenvalue weighted by molar-refractivity contribution is -0.138. The third-order valence-corrected chi connectivity index (χ3v) is 7.38. The fraction of sp³-hybridized carbons (Fsp3) is 0.345. The number of aromatic nitrogens is 4. The number of methoxy groups -OCH3 is 2. The number of hydrogen-bond acceptors (Lipinski definition) is 9. The lowest BCUT2D eigenvalue weighted by Crippen LogP contribution is -2.49. The molecule has 0 radical (unpaired) electrons. The number of benzene rings is 1. The first kappa shape index (κ1) is 31.6. The van der Waals surface area contributed by atoms with Crippen LogP contribution in [0.5, 0.6) is 0 Å². The number of halogens is 3. The normalized spacial score (nSPS) is 14.1. The minimum atomic E-state index is -4.57. The number of rotatable bonds is 9. The van der Waals surface area contributed by atoms with Crippen molar-refractivity contribution in [2.45, 2.75) is 19.3 Å². The molecule has 13 nitrogen and oxygen atoms in total. The van der Waals surface area contributed by atoms with Gasteiger partial charge in [-0.1, -0.05) is 12.1 Å². The zero-order valence-corrected chi connectivity index (χ0v) is 24.6. The Morgan fingerprint density at radius 1 is 1.00 bits per heavy atom. The van der Waals surface area contributed by atoms with Gasteiger partial charge < -0.3 is 25.4 Å². The van der Waals surface area contributed by atoms with Gasteiger partial charge in [-0.05, 0) is 29.8 Å². The molecule has 0 bridgehead atoms. The van der Waals surface area contributed by atoms with Gasteiger partial charge in [0.25, 0.3) is 0 Å². The molecule has 16 heteroatoms. The van der Waals surface area contributed by atoms with Gasteiger partial charge >= 0.3 is 12.2 Å². The van der Waals surface area contributed by atoms with Crippen LogP contribution in [0.1, 0.15) is 16.8 Å². The van der Waals surface area contributed by atoms with Gasteiger partial charge in [-0.2, -0.15) is 18.3 Å². The molecule has 4 aromatic rings. The van der Waals surface area contributed by atoms with Crippen molar-refractivity contribution in [1.82, 2.24) is 29.4 Å². The molecule has 1 aromatic carbocycles.